The van der Waals surface area contributed by atoms with E-state index in [1.54, 1.807) is 11.3 Å². The number of hydrogen-bond donors (Lipinski definition) is 1. The van der Waals surface area contributed by atoms with E-state index in [4.69, 9.17) is 0 Å². The molecule has 0 saturated heterocycles. The Bertz CT molecular complexity index is 830. The third kappa shape index (κ3) is 2.81. The lowest BCUT2D eigenvalue weighted by atomic mass is 10.0. The number of fused-ring (bicyclic) bond motifs is 1. The zero-order chi connectivity index (χ0) is 16.4. The molecule has 0 fully saturated rings. The molecule has 0 radical (unpaired) electrons. The van der Waals surface area contributed by atoms with E-state index < -0.39 is 0 Å². The quantitative estimate of drug-likeness (QED) is 0.759. The van der Waals surface area contributed by atoms with Crippen molar-refractivity contribution >= 4 is 22.9 Å². The van der Waals surface area contributed by atoms with Crippen LogP contribution in [0.2, 0.25) is 0 Å². The van der Waals surface area contributed by atoms with Crippen molar-refractivity contribution in [1.29, 1.82) is 0 Å². The summed E-state index contributed by atoms with van der Waals surface area (Å²) < 4.78 is 0. The number of nitrogens with zero attached hydrogens (tertiary/aromatic N) is 1. The van der Waals surface area contributed by atoms with Crippen LogP contribution in [0.25, 0.3) is 0 Å². The van der Waals surface area contributed by atoms with Crippen LogP contribution in [0.1, 0.15) is 27.7 Å². The molecule has 0 saturated carbocycles. The van der Waals surface area contributed by atoms with Gasteiger partial charge in [-0.05, 0) is 40.9 Å². The van der Waals surface area contributed by atoms with Crippen molar-refractivity contribution in [2.45, 2.75) is 12.6 Å². The molecule has 1 atom stereocenters. The summed E-state index contributed by atoms with van der Waals surface area (Å²) in [5.74, 6) is 0.0940. The van der Waals surface area contributed by atoms with Crippen LogP contribution in [-0.2, 0) is 6.42 Å². The third-order valence-electron chi connectivity index (χ3n) is 4.37. The molecular weight excluding hydrogens is 316 g/mol. The lowest BCUT2D eigenvalue weighted by Gasteiger charge is -2.37. The van der Waals surface area contributed by atoms with Crippen LogP contribution >= 0.6 is 11.3 Å². The fraction of sp³-hybridized carbons (Fsp3) is 0.150. The standard InChI is InChI=1S/C20H18N2OS/c23-20-17-8-4-5-9-18(17)21-19(16-11-13-24-14-16)22(20)12-10-15-6-2-1-3-7-15/h1-9,11,13-14,19,21H,10,12H2. The summed E-state index contributed by atoms with van der Waals surface area (Å²) in [7, 11) is 0. The maximum atomic E-state index is 13.0. The van der Waals surface area contributed by atoms with E-state index >= 15 is 0 Å². The Morgan fingerprint density at radius 2 is 1.79 bits per heavy atom. The van der Waals surface area contributed by atoms with Gasteiger partial charge in [-0.2, -0.15) is 11.3 Å². The Kier molecular flexibility index (Phi) is 4.05. The normalized spacial score (nSPS) is 16.6. The van der Waals surface area contributed by atoms with E-state index in [0.29, 0.717) is 6.54 Å². The van der Waals surface area contributed by atoms with Gasteiger partial charge in [0, 0.05) is 17.8 Å². The first-order valence-corrected chi connectivity index (χ1v) is 9.00. The molecule has 1 N–H and O–H groups in total. The van der Waals surface area contributed by atoms with Crippen molar-refractivity contribution < 1.29 is 4.79 Å². The molecule has 2 aromatic carbocycles. The number of thiophene rings is 1. The van der Waals surface area contributed by atoms with Gasteiger partial charge in [-0.15, -0.1) is 0 Å². The van der Waals surface area contributed by atoms with Crippen molar-refractivity contribution in [2.24, 2.45) is 0 Å². The van der Waals surface area contributed by atoms with Crippen LogP contribution in [0.3, 0.4) is 0 Å². The van der Waals surface area contributed by atoms with Crippen LogP contribution in [0.15, 0.2) is 71.4 Å². The number of para-hydroxylation sites is 1. The number of nitrogens with one attached hydrogen (secondary N) is 1. The van der Waals surface area contributed by atoms with Crippen molar-refractivity contribution in [1.82, 2.24) is 4.90 Å². The number of carbonyl (C=O) groups excluding carboxylic acids is 1. The molecule has 0 spiro atoms. The van der Waals surface area contributed by atoms with Gasteiger partial charge in [0.15, 0.2) is 0 Å². The van der Waals surface area contributed by atoms with E-state index in [9.17, 15) is 4.79 Å². The highest BCUT2D eigenvalue weighted by Crippen LogP contribution is 2.33. The topological polar surface area (TPSA) is 32.3 Å². The number of amides is 1. The third-order valence-corrected chi connectivity index (χ3v) is 5.07. The first-order valence-electron chi connectivity index (χ1n) is 8.05. The van der Waals surface area contributed by atoms with Crippen LogP contribution < -0.4 is 5.32 Å². The molecule has 3 aromatic rings. The molecule has 1 aliphatic rings. The fourth-order valence-electron chi connectivity index (χ4n) is 3.11. The number of benzene rings is 2. The average molecular weight is 334 g/mol. The smallest absolute Gasteiger partial charge is 0.257 e. The summed E-state index contributed by atoms with van der Waals surface area (Å²) in [6.07, 6.45) is 0.735. The summed E-state index contributed by atoms with van der Waals surface area (Å²) in [4.78, 5) is 15.0. The van der Waals surface area contributed by atoms with Gasteiger partial charge < -0.3 is 10.2 Å². The molecule has 1 aromatic heterocycles. The van der Waals surface area contributed by atoms with Crippen LogP contribution in [-0.4, -0.2) is 17.4 Å². The van der Waals surface area contributed by atoms with Crippen molar-refractivity contribution in [2.75, 3.05) is 11.9 Å². The second-order valence-corrected chi connectivity index (χ2v) is 6.66. The van der Waals surface area contributed by atoms with Crippen molar-refractivity contribution in [3.05, 3.63) is 88.1 Å². The van der Waals surface area contributed by atoms with Gasteiger partial charge in [-0.1, -0.05) is 42.5 Å². The van der Waals surface area contributed by atoms with E-state index in [2.05, 4.69) is 34.3 Å². The Balaban J connectivity index is 1.64. The van der Waals surface area contributed by atoms with E-state index in [0.717, 1.165) is 23.2 Å². The van der Waals surface area contributed by atoms with E-state index in [1.807, 2.05) is 47.4 Å². The second-order valence-electron chi connectivity index (χ2n) is 5.88. The minimum absolute atomic E-state index is 0.0940. The SMILES string of the molecule is O=C1c2ccccc2NC(c2ccsc2)N1CCc1ccccc1. The van der Waals surface area contributed by atoms with Crippen LogP contribution in [0.5, 0.6) is 0 Å². The van der Waals surface area contributed by atoms with E-state index in [-0.39, 0.29) is 12.1 Å². The summed E-state index contributed by atoms with van der Waals surface area (Å²) in [6, 6.07) is 20.1. The Hall–Kier alpha value is -2.59. The molecular formula is C20H18N2OS. The van der Waals surface area contributed by atoms with Gasteiger partial charge in [0.25, 0.3) is 5.91 Å². The maximum absolute atomic E-state index is 13.0. The van der Waals surface area contributed by atoms with Gasteiger partial charge in [0.2, 0.25) is 0 Å². The molecule has 4 heteroatoms. The molecule has 24 heavy (non-hydrogen) atoms. The van der Waals surface area contributed by atoms with Crippen LogP contribution in [0, 0.1) is 0 Å². The van der Waals surface area contributed by atoms with Gasteiger partial charge in [0.1, 0.15) is 6.17 Å². The fourth-order valence-corrected chi connectivity index (χ4v) is 3.79. The first kappa shape index (κ1) is 15.0. The largest absolute Gasteiger partial charge is 0.361 e. The number of hydrogen-bond acceptors (Lipinski definition) is 3. The lowest BCUT2D eigenvalue weighted by Crippen LogP contribution is -2.43. The van der Waals surface area contributed by atoms with E-state index in [1.165, 1.54) is 5.56 Å². The Labute approximate surface area is 145 Å². The monoisotopic (exact) mass is 334 g/mol. The number of rotatable bonds is 4. The lowest BCUT2D eigenvalue weighted by molar-refractivity contribution is 0.0686. The van der Waals surface area contributed by atoms with Crippen molar-refractivity contribution in [3.8, 4) is 0 Å². The predicted octanol–water partition coefficient (Wildman–Crippen LogP) is 4.56. The summed E-state index contributed by atoms with van der Waals surface area (Å²) in [5.41, 5.74) is 4.04. The average Bonchev–Trinajstić information content (AvgIpc) is 3.16. The Morgan fingerprint density at radius 1 is 1.00 bits per heavy atom. The minimum Gasteiger partial charge on any atom is -0.361 e. The second kappa shape index (κ2) is 6.49. The number of carbonyl (C=O) groups is 1. The summed E-state index contributed by atoms with van der Waals surface area (Å²) in [6.45, 7) is 0.685. The summed E-state index contributed by atoms with van der Waals surface area (Å²) >= 11 is 1.65. The zero-order valence-electron chi connectivity index (χ0n) is 13.2. The predicted molar refractivity (Wildman–Crippen MR) is 98.3 cm³/mol. The highest BCUT2D eigenvalue weighted by Gasteiger charge is 2.32. The molecule has 1 amide bonds. The summed E-state index contributed by atoms with van der Waals surface area (Å²) in [5, 5.41) is 7.69. The molecule has 0 aliphatic carbocycles. The molecule has 3 nitrogen and oxygen atoms in total. The molecule has 4 rings (SSSR count). The highest BCUT2D eigenvalue weighted by atomic mass is 32.1. The molecule has 2 heterocycles. The maximum Gasteiger partial charge on any atom is 0.257 e. The molecule has 1 unspecified atom stereocenters. The van der Waals surface area contributed by atoms with Gasteiger partial charge in [-0.3, -0.25) is 4.79 Å². The zero-order valence-corrected chi connectivity index (χ0v) is 14.0. The minimum atomic E-state index is -0.109. The van der Waals surface area contributed by atoms with Gasteiger partial charge in [0.05, 0.1) is 5.56 Å². The van der Waals surface area contributed by atoms with Gasteiger partial charge in [-0.25, -0.2) is 0 Å². The molecule has 0 bridgehead atoms. The van der Waals surface area contributed by atoms with Crippen molar-refractivity contribution in [3.63, 3.8) is 0 Å². The Morgan fingerprint density at radius 3 is 2.58 bits per heavy atom. The number of anilines is 1. The molecule has 1 aliphatic heterocycles. The molecule has 120 valence electrons. The highest BCUT2D eigenvalue weighted by molar-refractivity contribution is 7.08. The first-order chi connectivity index (χ1) is 11.8. The van der Waals surface area contributed by atoms with Crippen LogP contribution in [0.4, 0.5) is 5.69 Å². The van der Waals surface area contributed by atoms with Gasteiger partial charge >= 0.3 is 0 Å².